The van der Waals surface area contributed by atoms with Crippen molar-refractivity contribution in [1.29, 1.82) is 0 Å². The molecule has 222 valence electrons. The van der Waals surface area contributed by atoms with Gasteiger partial charge in [-0.05, 0) is 86.1 Å². The molecule has 2 atom stereocenters. The summed E-state index contributed by atoms with van der Waals surface area (Å²) in [6.07, 6.45) is 1.26. The summed E-state index contributed by atoms with van der Waals surface area (Å²) < 4.78 is 66.5. The Labute approximate surface area is 238 Å². The minimum absolute atomic E-state index is 0.0343. The number of likely N-dealkylation sites (tertiary alicyclic amines) is 1. The SMILES string of the molecule is O=C(CC1C(=O)NCCN1S(=O)(=O)c1ccc(C(F)(F)F)cc1)N[C@@H]1CCCc2cc(CN3CCCCC3)ccc21. The third-order valence-electron chi connectivity index (χ3n) is 8.16. The van der Waals surface area contributed by atoms with Crippen LogP contribution in [-0.2, 0) is 38.8 Å². The smallest absolute Gasteiger partial charge is 0.353 e. The predicted molar refractivity (Wildman–Crippen MR) is 146 cm³/mol. The monoisotopic (exact) mass is 592 g/mol. The second kappa shape index (κ2) is 12.1. The molecule has 2 aromatic carbocycles. The zero-order valence-electron chi connectivity index (χ0n) is 22.8. The molecule has 12 heteroatoms. The van der Waals surface area contributed by atoms with Gasteiger partial charge in [-0.25, -0.2) is 8.42 Å². The lowest BCUT2D eigenvalue weighted by molar-refractivity contribution is -0.137. The van der Waals surface area contributed by atoms with Gasteiger partial charge >= 0.3 is 6.18 Å². The maximum atomic E-state index is 13.3. The number of sulfonamides is 1. The van der Waals surface area contributed by atoms with Crippen molar-refractivity contribution in [2.24, 2.45) is 0 Å². The molecule has 1 aliphatic carbocycles. The molecule has 5 rings (SSSR count). The van der Waals surface area contributed by atoms with Crippen molar-refractivity contribution in [3.05, 3.63) is 64.7 Å². The van der Waals surface area contributed by atoms with Crippen molar-refractivity contribution in [2.45, 2.75) is 74.6 Å². The number of hydrogen-bond donors (Lipinski definition) is 2. The number of carbonyl (C=O) groups excluding carboxylic acids is 2. The van der Waals surface area contributed by atoms with Gasteiger partial charge in [0.1, 0.15) is 6.04 Å². The van der Waals surface area contributed by atoms with Gasteiger partial charge in [-0.15, -0.1) is 0 Å². The maximum Gasteiger partial charge on any atom is 0.416 e. The van der Waals surface area contributed by atoms with Crippen molar-refractivity contribution >= 4 is 21.8 Å². The van der Waals surface area contributed by atoms with E-state index in [2.05, 4.69) is 33.7 Å². The van der Waals surface area contributed by atoms with E-state index in [9.17, 15) is 31.2 Å². The van der Waals surface area contributed by atoms with E-state index in [4.69, 9.17) is 0 Å². The molecule has 2 amide bonds. The van der Waals surface area contributed by atoms with Crippen molar-refractivity contribution < 1.29 is 31.2 Å². The molecule has 0 aromatic heterocycles. The summed E-state index contributed by atoms with van der Waals surface area (Å²) >= 11 is 0. The molecular formula is C29H35F3N4O4S. The van der Waals surface area contributed by atoms with Crippen LogP contribution in [0.4, 0.5) is 13.2 Å². The Hall–Kier alpha value is -2.96. The van der Waals surface area contributed by atoms with Crippen LogP contribution in [-0.4, -0.2) is 61.7 Å². The highest BCUT2D eigenvalue weighted by Gasteiger charge is 2.40. The van der Waals surface area contributed by atoms with Gasteiger partial charge in [0.25, 0.3) is 0 Å². The fraction of sp³-hybridized carbons (Fsp3) is 0.517. The number of amides is 2. The minimum atomic E-state index is -4.61. The molecule has 0 saturated carbocycles. The summed E-state index contributed by atoms with van der Waals surface area (Å²) in [7, 11) is -4.33. The molecule has 3 aliphatic rings. The quantitative estimate of drug-likeness (QED) is 0.510. The number of piperazine rings is 1. The number of fused-ring (bicyclic) bond motifs is 1. The Kier molecular flexibility index (Phi) is 8.72. The number of benzene rings is 2. The van der Waals surface area contributed by atoms with Gasteiger partial charge in [-0.2, -0.15) is 17.5 Å². The average molecular weight is 593 g/mol. The molecule has 2 aliphatic heterocycles. The van der Waals surface area contributed by atoms with E-state index in [-0.39, 0.29) is 24.0 Å². The summed E-state index contributed by atoms with van der Waals surface area (Å²) in [5.41, 5.74) is 2.50. The number of piperidine rings is 1. The summed E-state index contributed by atoms with van der Waals surface area (Å²) in [5, 5.41) is 5.60. The standard InChI is InChI=1S/C29H35F3N4O4S/c30-29(31,32)22-8-10-23(11-9-22)41(39,40)36-16-13-33-28(38)26(36)18-27(37)34-25-6-4-5-21-17-20(7-12-24(21)25)19-35-14-2-1-3-15-35/h7-12,17,25-26H,1-6,13-16,18-19H2,(H,33,38)(H,34,37)/t25-,26?/m1/s1. The molecule has 2 fully saturated rings. The summed E-state index contributed by atoms with van der Waals surface area (Å²) in [6, 6.07) is 7.95. The van der Waals surface area contributed by atoms with Crippen LogP contribution in [0.15, 0.2) is 47.4 Å². The molecule has 41 heavy (non-hydrogen) atoms. The first kappa shape index (κ1) is 29.5. The largest absolute Gasteiger partial charge is 0.416 e. The highest BCUT2D eigenvalue weighted by Crippen LogP contribution is 2.33. The minimum Gasteiger partial charge on any atom is -0.353 e. The van der Waals surface area contributed by atoms with Crippen LogP contribution in [0.2, 0.25) is 0 Å². The lowest BCUT2D eigenvalue weighted by Gasteiger charge is -2.34. The van der Waals surface area contributed by atoms with E-state index >= 15 is 0 Å². The number of rotatable bonds is 7. The van der Waals surface area contributed by atoms with Crippen LogP contribution in [0.5, 0.6) is 0 Å². The highest BCUT2D eigenvalue weighted by atomic mass is 32.2. The molecule has 2 N–H and O–H groups in total. The zero-order chi connectivity index (χ0) is 29.2. The van der Waals surface area contributed by atoms with E-state index < -0.39 is 46.0 Å². The van der Waals surface area contributed by atoms with Crippen LogP contribution in [0, 0.1) is 0 Å². The number of hydrogen-bond acceptors (Lipinski definition) is 5. The third-order valence-corrected chi connectivity index (χ3v) is 10.1. The van der Waals surface area contributed by atoms with Gasteiger partial charge < -0.3 is 10.6 Å². The number of halogens is 3. The van der Waals surface area contributed by atoms with Crippen LogP contribution in [0.3, 0.4) is 0 Å². The van der Waals surface area contributed by atoms with Gasteiger partial charge in [-0.1, -0.05) is 24.6 Å². The zero-order valence-corrected chi connectivity index (χ0v) is 23.6. The van der Waals surface area contributed by atoms with Crippen molar-refractivity contribution in [3.63, 3.8) is 0 Å². The van der Waals surface area contributed by atoms with Gasteiger partial charge in [0.2, 0.25) is 21.8 Å². The number of aryl methyl sites for hydroxylation is 1. The molecule has 2 aromatic rings. The van der Waals surface area contributed by atoms with Crippen molar-refractivity contribution in [1.82, 2.24) is 19.8 Å². The van der Waals surface area contributed by atoms with Gasteiger partial charge in [0.05, 0.1) is 22.9 Å². The fourth-order valence-corrected chi connectivity index (χ4v) is 7.64. The molecular weight excluding hydrogens is 557 g/mol. The molecule has 2 saturated heterocycles. The first-order valence-corrected chi connectivity index (χ1v) is 15.6. The number of alkyl halides is 3. The van der Waals surface area contributed by atoms with E-state index in [1.165, 1.54) is 30.4 Å². The van der Waals surface area contributed by atoms with E-state index in [1.54, 1.807) is 0 Å². The lowest BCUT2D eigenvalue weighted by Crippen LogP contribution is -2.58. The molecule has 1 unspecified atom stereocenters. The van der Waals surface area contributed by atoms with Gasteiger partial charge in [-0.3, -0.25) is 14.5 Å². The van der Waals surface area contributed by atoms with E-state index in [1.807, 2.05) is 0 Å². The van der Waals surface area contributed by atoms with Gasteiger partial charge in [0.15, 0.2) is 0 Å². The normalized spacial score (nSPS) is 22.6. The van der Waals surface area contributed by atoms with E-state index in [0.29, 0.717) is 12.1 Å². The van der Waals surface area contributed by atoms with Crippen LogP contribution in [0.25, 0.3) is 0 Å². The van der Waals surface area contributed by atoms with Crippen LogP contribution < -0.4 is 10.6 Å². The predicted octanol–water partition coefficient (Wildman–Crippen LogP) is 3.76. The first-order chi connectivity index (χ1) is 19.5. The Bertz CT molecular complexity index is 1380. The Morgan fingerprint density at radius 1 is 1.00 bits per heavy atom. The average Bonchev–Trinajstić information content (AvgIpc) is 2.94. The third kappa shape index (κ3) is 6.76. The lowest BCUT2D eigenvalue weighted by atomic mass is 9.86. The number of nitrogens with one attached hydrogen (secondary N) is 2. The summed E-state index contributed by atoms with van der Waals surface area (Å²) in [6.45, 7) is 3.06. The fourth-order valence-electron chi connectivity index (χ4n) is 6.05. The van der Waals surface area contributed by atoms with Crippen LogP contribution in [0.1, 0.15) is 66.8 Å². The maximum absolute atomic E-state index is 13.3. The van der Waals surface area contributed by atoms with Crippen LogP contribution >= 0.6 is 0 Å². The van der Waals surface area contributed by atoms with Crippen molar-refractivity contribution in [2.75, 3.05) is 26.2 Å². The Balaban J connectivity index is 1.27. The van der Waals surface area contributed by atoms with Crippen molar-refractivity contribution in [3.8, 4) is 0 Å². The summed E-state index contributed by atoms with van der Waals surface area (Å²) in [4.78, 5) is 28.0. The molecule has 0 radical (unpaired) electrons. The molecule has 0 bridgehead atoms. The molecule has 0 spiro atoms. The number of carbonyl (C=O) groups is 2. The Morgan fingerprint density at radius 3 is 2.44 bits per heavy atom. The number of nitrogens with zero attached hydrogens (tertiary/aromatic N) is 2. The molecule has 2 heterocycles. The van der Waals surface area contributed by atoms with E-state index in [0.717, 1.165) is 60.9 Å². The second-order valence-corrected chi connectivity index (χ2v) is 12.9. The first-order valence-electron chi connectivity index (χ1n) is 14.1. The summed E-state index contributed by atoms with van der Waals surface area (Å²) in [5.74, 6) is -1.08. The Morgan fingerprint density at radius 2 is 1.73 bits per heavy atom. The highest BCUT2D eigenvalue weighted by molar-refractivity contribution is 7.89. The van der Waals surface area contributed by atoms with Gasteiger partial charge in [0, 0.05) is 19.6 Å². The second-order valence-electron chi connectivity index (χ2n) is 11.0. The molecule has 8 nitrogen and oxygen atoms in total. The topological polar surface area (TPSA) is 98.8 Å².